The van der Waals surface area contributed by atoms with Crippen molar-refractivity contribution >= 4 is 28.7 Å². The van der Waals surface area contributed by atoms with E-state index in [-0.39, 0.29) is 22.2 Å². The molecular weight excluding hydrogens is 410 g/mol. The Bertz CT molecular complexity index is 1200. The minimum Gasteiger partial charge on any atom is -0.509 e. The highest BCUT2D eigenvalue weighted by Gasteiger charge is 2.61. The molecule has 6 nitrogen and oxygen atoms in total. The number of carbonyl (C=O) groups is 2. The van der Waals surface area contributed by atoms with E-state index in [0.717, 1.165) is 23.4 Å². The Morgan fingerprint density at radius 2 is 1.87 bits per heavy atom. The van der Waals surface area contributed by atoms with Crippen molar-refractivity contribution in [2.75, 3.05) is 0 Å². The van der Waals surface area contributed by atoms with Crippen molar-refractivity contribution in [2.45, 2.75) is 57.9 Å². The van der Waals surface area contributed by atoms with Gasteiger partial charge in [0.1, 0.15) is 22.4 Å². The number of fused-ring (bicyclic) bond motifs is 6. The van der Waals surface area contributed by atoms with E-state index in [0.29, 0.717) is 22.1 Å². The summed E-state index contributed by atoms with van der Waals surface area (Å²) < 4.78 is 0. The lowest BCUT2D eigenvalue weighted by Gasteiger charge is -2.34. The maximum Gasteiger partial charge on any atom is 0.262 e. The highest BCUT2D eigenvalue weighted by molar-refractivity contribution is 7.13. The average molecular weight is 434 g/mol. The Kier molecular flexibility index (Phi) is 4.03. The number of hydrogen-bond donors (Lipinski definition) is 1. The highest BCUT2D eigenvalue weighted by Crippen LogP contribution is 2.68. The van der Waals surface area contributed by atoms with E-state index < -0.39 is 17.9 Å². The topological polar surface area (TPSA) is 94.3 Å². The number of hydrogen-bond acceptors (Lipinski definition) is 6. The second-order valence-electron chi connectivity index (χ2n) is 9.45. The number of aliphatic hydroxyl groups is 1. The lowest BCUT2D eigenvalue weighted by Crippen LogP contribution is -2.39. The molecule has 2 heterocycles. The van der Waals surface area contributed by atoms with Crippen LogP contribution in [0.2, 0.25) is 0 Å². The summed E-state index contributed by atoms with van der Waals surface area (Å²) in [5, 5.41) is 21.3. The van der Waals surface area contributed by atoms with Crippen LogP contribution < -0.4 is 0 Å². The fourth-order valence-corrected chi connectivity index (χ4v) is 7.08. The lowest BCUT2D eigenvalue weighted by molar-refractivity contribution is 0.0590. The van der Waals surface area contributed by atoms with Crippen LogP contribution in [0.25, 0.3) is 5.57 Å². The molecule has 3 unspecified atom stereocenters. The highest BCUT2D eigenvalue weighted by atomic mass is 32.1. The fraction of sp³-hybridized carbons (Fsp3) is 0.417. The van der Waals surface area contributed by atoms with Crippen molar-refractivity contribution in [2.24, 2.45) is 5.41 Å². The number of imide groups is 1. The molecule has 31 heavy (non-hydrogen) atoms. The number of benzene rings is 1. The van der Waals surface area contributed by atoms with Crippen molar-refractivity contribution in [3.8, 4) is 6.07 Å². The van der Waals surface area contributed by atoms with Gasteiger partial charge in [0.05, 0.1) is 22.9 Å². The number of carbonyl (C=O) groups excluding carboxylic acids is 2. The number of nitriles is 1. The van der Waals surface area contributed by atoms with Gasteiger partial charge in [0, 0.05) is 16.2 Å². The number of rotatable bonds is 3. The van der Waals surface area contributed by atoms with Crippen molar-refractivity contribution in [1.29, 1.82) is 5.26 Å². The van der Waals surface area contributed by atoms with E-state index in [1.54, 1.807) is 31.2 Å². The zero-order chi connectivity index (χ0) is 22.3. The second kappa shape index (κ2) is 6.27. The number of thiazole rings is 1. The van der Waals surface area contributed by atoms with Gasteiger partial charge in [0.25, 0.3) is 11.8 Å². The number of aliphatic hydroxyl groups excluding tert-OH is 1. The molecule has 2 aliphatic carbocycles. The molecule has 2 aromatic rings. The van der Waals surface area contributed by atoms with Crippen LogP contribution in [-0.2, 0) is 5.41 Å². The Labute approximate surface area is 184 Å². The Hall–Kier alpha value is -2.98. The molecule has 7 heteroatoms. The third-order valence-electron chi connectivity index (χ3n) is 7.91. The first-order chi connectivity index (χ1) is 14.6. The van der Waals surface area contributed by atoms with E-state index in [4.69, 9.17) is 4.98 Å². The molecule has 1 aromatic heterocycles. The van der Waals surface area contributed by atoms with Crippen LogP contribution in [0, 0.1) is 16.7 Å². The summed E-state index contributed by atoms with van der Waals surface area (Å²) in [6.07, 6.45) is 2.16. The second-order valence-corrected chi connectivity index (χ2v) is 10.5. The van der Waals surface area contributed by atoms with Crippen LogP contribution in [-0.4, -0.2) is 32.8 Å². The van der Waals surface area contributed by atoms with Gasteiger partial charge in [0.2, 0.25) is 0 Å². The normalized spacial score (nSPS) is 27.1. The molecule has 2 amide bonds. The first kappa shape index (κ1) is 20.0. The molecule has 3 aliphatic rings. The molecule has 3 atom stereocenters. The molecule has 0 radical (unpaired) electrons. The van der Waals surface area contributed by atoms with Crippen LogP contribution in [0.5, 0.6) is 0 Å². The first-order valence-electron chi connectivity index (χ1n) is 10.4. The largest absolute Gasteiger partial charge is 0.509 e. The fourth-order valence-electron chi connectivity index (χ4n) is 5.56. The minimum absolute atomic E-state index is 0.0317. The molecule has 1 aliphatic heterocycles. The summed E-state index contributed by atoms with van der Waals surface area (Å²) >= 11 is 1.46. The van der Waals surface area contributed by atoms with Gasteiger partial charge in [-0.15, -0.1) is 11.3 Å². The minimum atomic E-state index is -0.968. The third kappa shape index (κ3) is 2.34. The van der Waals surface area contributed by atoms with E-state index in [1.807, 2.05) is 0 Å². The smallest absolute Gasteiger partial charge is 0.262 e. The predicted octanol–water partition coefficient (Wildman–Crippen LogP) is 4.80. The molecule has 1 aromatic carbocycles. The third-order valence-corrected chi connectivity index (χ3v) is 9.10. The van der Waals surface area contributed by atoms with Crippen LogP contribution in [0.4, 0.5) is 0 Å². The maximum atomic E-state index is 12.8. The monoisotopic (exact) mass is 433 g/mol. The average Bonchev–Trinajstić information content (AvgIpc) is 3.39. The summed E-state index contributed by atoms with van der Waals surface area (Å²) in [4.78, 5) is 32.6. The molecule has 0 saturated heterocycles. The van der Waals surface area contributed by atoms with Gasteiger partial charge in [-0.1, -0.05) is 32.9 Å². The molecule has 2 bridgehead atoms. The van der Waals surface area contributed by atoms with Gasteiger partial charge in [-0.05, 0) is 37.3 Å². The van der Waals surface area contributed by atoms with Gasteiger partial charge in [0.15, 0.2) is 0 Å². The van der Waals surface area contributed by atoms with Gasteiger partial charge in [-0.25, -0.2) is 4.98 Å². The summed E-state index contributed by atoms with van der Waals surface area (Å²) in [5.41, 5.74) is 1.75. The molecular formula is C24H23N3O3S. The zero-order valence-electron chi connectivity index (χ0n) is 17.9. The standard InChI is InChI=1S/C24H23N3O3S/c1-12(27-21(29)13-7-5-6-8-14(13)22(27)30)17(28)15(11-25)20-26-19-18(31-20)16-9-10-24(19,4)23(16,2)3/h5-8,12,16,28H,9-10H2,1-4H3/b17-15-. The van der Waals surface area contributed by atoms with E-state index >= 15 is 0 Å². The molecule has 5 rings (SSSR count). The van der Waals surface area contributed by atoms with Crippen LogP contribution >= 0.6 is 11.3 Å². The quantitative estimate of drug-likeness (QED) is 0.426. The number of allylic oxidation sites excluding steroid dienone is 1. The molecule has 0 spiro atoms. The molecule has 1 fully saturated rings. The maximum absolute atomic E-state index is 12.8. The number of aromatic nitrogens is 1. The SMILES string of the molecule is CC(/C(O)=C(\C#N)c1nc2c(s1)C1CCC2(C)C1(C)C)N1C(=O)c2ccccc2C1=O. The number of amides is 2. The lowest BCUT2D eigenvalue weighted by atomic mass is 9.70. The molecule has 158 valence electrons. The van der Waals surface area contributed by atoms with Gasteiger partial charge < -0.3 is 5.11 Å². The van der Waals surface area contributed by atoms with E-state index in [2.05, 4.69) is 26.8 Å². The van der Waals surface area contributed by atoms with Crippen molar-refractivity contribution in [3.63, 3.8) is 0 Å². The van der Waals surface area contributed by atoms with E-state index in [9.17, 15) is 20.0 Å². The van der Waals surface area contributed by atoms with Crippen molar-refractivity contribution in [1.82, 2.24) is 9.88 Å². The Morgan fingerprint density at radius 1 is 1.26 bits per heavy atom. The van der Waals surface area contributed by atoms with Gasteiger partial charge in [-0.3, -0.25) is 14.5 Å². The predicted molar refractivity (Wildman–Crippen MR) is 117 cm³/mol. The van der Waals surface area contributed by atoms with Crippen molar-refractivity contribution < 1.29 is 14.7 Å². The first-order valence-corrected chi connectivity index (χ1v) is 11.3. The molecule has 1 N–H and O–H groups in total. The van der Waals surface area contributed by atoms with Crippen molar-refractivity contribution in [3.05, 3.63) is 56.7 Å². The van der Waals surface area contributed by atoms with Crippen LogP contribution in [0.1, 0.15) is 82.7 Å². The molecule has 1 saturated carbocycles. The van der Waals surface area contributed by atoms with Gasteiger partial charge in [-0.2, -0.15) is 5.26 Å². The number of nitrogens with zero attached hydrogens (tertiary/aromatic N) is 3. The summed E-state index contributed by atoms with van der Waals surface area (Å²) in [5.74, 6) is -0.840. The van der Waals surface area contributed by atoms with E-state index in [1.165, 1.54) is 16.2 Å². The summed E-state index contributed by atoms with van der Waals surface area (Å²) in [6, 6.07) is 7.69. The van der Waals surface area contributed by atoms with Gasteiger partial charge >= 0.3 is 0 Å². The Balaban J connectivity index is 1.54. The van der Waals surface area contributed by atoms with Crippen LogP contribution in [0.15, 0.2) is 30.0 Å². The zero-order valence-corrected chi connectivity index (χ0v) is 18.7. The summed E-state index contributed by atoms with van der Waals surface area (Å²) in [6.45, 7) is 8.35. The summed E-state index contributed by atoms with van der Waals surface area (Å²) in [7, 11) is 0. The Morgan fingerprint density at radius 3 is 2.42 bits per heavy atom. The van der Waals surface area contributed by atoms with Crippen LogP contribution in [0.3, 0.4) is 0 Å².